The number of nitrogens with zero attached hydrogens (tertiary/aromatic N) is 1. The minimum atomic E-state index is -4.27. The van der Waals surface area contributed by atoms with Crippen molar-refractivity contribution >= 4 is 13.8 Å². The zero-order valence-electron chi connectivity index (χ0n) is 39.3. The van der Waals surface area contributed by atoms with Gasteiger partial charge in [0.2, 0.25) is 0 Å². The van der Waals surface area contributed by atoms with Gasteiger partial charge in [0.25, 0.3) is 0 Å². The zero-order chi connectivity index (χ0) is 42.7. The van der Waals surface area contributed by atoms with Crippen molar-refractivity contribution < 1.29 is 37.3 Å². The molecule has 0 aliphatic carbocycles. The highest BCUT2D eigenvalue weighted by atomic mass is 31.2. The highest BCUT2D eigenvalue weighted by Gasteiger charge is 2.26. The maximum Gasteiger partial charge on any atom is 0.472 e. The molecule has 9 heteroatoms. The van der Waals surface area contributed by atoms with Crippen LogP contribution in [0.3, 0.4) is 0 Å². The molecule has 0 radical (unpaired) electrons. The van der Waals surface area contributed by atoms with Crippen LogP contribution in [0.4, 0.5) is 0 Å². The van der Waals surface area contributed by atoms with E-state index in [1.54, 1.807) is 0 Å². The van der Waals surface area contributed by atoms with Gasteiger partial charge in [-0.25, -0.2) is 4.57 Å². The van der Waals surface area contributed by atoms with E-state index in [-0.39, 0.29) is 25.8 Å². The number of likely N-dealkylation sites (N-methyl/N-ethyl adjacent to an activating group) is 1. The van der Waals surface area contributed by atoms with Gasteiger partial charge in [0.15, 0.2) is 0 Å². The molecule has 0 amide bonds. The van der Waals surface area contributed by atoms with E-state index in [0.29, 0.717) is 24.1 Å². The monoisotopic (exact) mass is 845 g/mol. The molecule has 346 valence electrons. The van der Waals surface area contributed by atoms with E-state index in [4.69, 9.17) is 18.5 Å². The highest BCUT2D eigenvalue weighted by molar-refractivity contribution is 7.47. The Balaban J connectivity index is 4.12. The number of esters is 1. The summed E-state index contributed by atoms with van der Waals surface area (Å²) in [4.78, 5) is 23.0. The van der Waals surface area contributed by atoms with Crippen LogP contribution in [0.25, 0.3) is 0 Å². The molecule has 0 saturated heterocycles. The van der Waals surface area contributed by atoms with Crippen LogP contribution in [-0.2, 0) is 27.9 Å². The fourth-order valence-corrected chi connectivity index (χ4v) is 7.94. The van der Waals surface area contributed by atoms with Gasteiger partial charge < -0.3 is 18.9 Å². The quantitative estimate of drug-likeness (QED) is 0.0214. The van der Waals surface area contributed by atoms with Crippen LogP contribution in [0.15, 0.2) is 12.2 Å². The maximum atomic E-state index is 12.7. The number of unbranched alkanes of at least 4 members (excludes halogenated alkanes) is 31. The molecule has 0 heterocycles. The van der Waals surface area contributed by atoms with Gasteiger partial charge in [-0.15, -0.1) is 0 Å². The molecule has 0 aliphatic heterocycles. The van der Waals surface area contributed by atoms with E-state index >= 15 is 0 Å². The van der Waals surface area contributed by atoms with Crippen LogP contribution in [0.5, 0.6) is 0 Å². The third-order valence-electron chi connectivity index (χ3n) is 11.1. The number of carbonyl (C=O) groups is 1. The number of ether oxygens (including phenoxy) is 2. The molecule has 1 N–H and O–H groups in total. The summed E-state index contributed by atoms with van der Waals surface area (Å²) in [5, 5.41) is 0. The second-order valence-electron chi connectivity index (χ2n) is 18.2. The van der Waals surface area contributed by atoms with E-state index in [1.807, 2.05) is 21.1 Å². The molecule has 0 saturated carbocycles. The lowest BCUT2D eigenvalue weighted by molar-refractivity contribution is -0.870. The fourth-order valence-electron chi connectivity index (χ4n) is 7.20. The second kappa shape index (κ2) is 42.9. The summed E-state index contributed by atoms with van der Waals surface area (Å²) in [6.07, 6.45) is 48.2. The van der Waals surface area contributed by atoms with Crippen LogP contribution >= 0.6 is 7.82 Å². The molecule has 0 spiro atoms. The van der Waals surface area contributed by atoms with Gasteiger partial charge in [-0.05, 0) is 38.5 Å². The molecule has 0 bridgehead atoms. The lowest BCUT2D eigenvalue weighted by Crippen LogP contribution is -2.37. The Hall–Kier alpha value is -0.760. The molecule has 2 atom stereocenters. The summed E-state index contributed by atoms with van der Waals surface area (Å²) in [5.41, 5.74) is 0. The van der Waals surface area contributed by atoms with Crippen molar-refractivity contribution in [3.63, 3.8) is 0 Å². The third-order valence-corrected chi connectivity index (χ3v) is 12.1. The van der Waals surface area contributed by atoms with E-state index in [2.05, 4.69) is 26.0 Å². The summed E-state index contributed by atoms with van der Waals surface area (Å²) in [6.45, 7) is 5.68. The van der Waals surface area contributed by atoms with E-state index in [1.165, 1.54) is 186 Å². The van der Waals surface area contributed by atoms with E-state index < -0.39 is 13.9 Å². The number of quaternary nitrogens is 1. The van der Waals surface area contributed by atoms with Crippen LogP contribution in [0.2, 0.25) is 0 Å². The number of phosphoric ester groups is 1. The number of hydrogen-bond donors (Lipinski definition) is 1. The Morgan fingerprint density at radius 3 is 1.31 bits per heavy atom. The topological polar surface area (TPSA) is 91.3 Å². The molecule has 0 aromatic rings. The first-order chi connectivity index (χ1) is 28.1. The Morgan fingerprint density at radius 2 is 0.897 bits per heavy atom. The minimum absolute atomic E-state index is 0.0918. The largest absolute Gasteiger partial charge is 0.472 e. The van der Waals surface area contributed by atoms with Crippen LogP contribution in [-0.4, -0.2) is 75.6 Å². The summed E-state index contributed by atoms with van der Waals surface area (Å²) in [5.74, 6) is -0.310. The van der Waals surface area contributed by atoms with Crippen molar-refractivity contribution in [3.8, 4) is 0 Å². The third kappa shape index (κ3) is 46.3. The number of hydrogen-bond acceptors (Lipinski definition) is 6. The smallest absolute Gasteiger partial charge is 0.457 e. The average Bonchev–Trinajstić information content (AvgIpc) is 3.18. The summed E-state index contributed by atoms with van der Waals surface area (Å²) in [6, 6.07) is 0. The molecule has 58 heavy (non-hydrogen) atoms. The highest BCUT2D eigenvalue weighted by Crippen LogP contribution is 2.43. The number of phosphoric acid groups is 1. The fraction of sp³-hybridized carbons (Fsp3) is 0.939. The minimum Gasteiger partial charge on any atom is -0.457 e. The first-order valence-corrected chi connectivity index (χ1v) is 26.4. The van der Waals surface area contributed by atoms with Gasteiger partial charge in [0.05, 0.1) is 34.4 Å². The van der Waals surface area contributed by atoms with Crippen LogP contribution < -0.4 is 0 Å². The lowest BCUT2D eigenvalue weighted by Gasteiger charge is -2.24. The van der Waals surface area contributed by atoms with Crippen molar-refractivity contribution in [3.05, 3.63) is 12.2 Å². The lowest BCUT2D eigenvalue weighted by atomic mass is 10.0. The van der Waals surface area contributed by atoms with Gasteiger partial charge >= 0.3 is 13.8 Å². The van der Waals surface area contributed by atoms with Crippen molar-refractivity contribution in [1.29, 1.82) is 0 Å². The van der Waals surface area contributed by atoms with E-state index in [9.17, 15) is 14.3 Å². The Labute approximate surface area is 360 Å². The number of carbonyl (C=O) groups excluding carboxylic acids is 1. The Kier molecular flexibility index (Phi) is 42.3. The number of rotatable bonds is 47. The molecule has 2 unspecified atom stereocenters. The summed E-state index contributed by atoms with van der Waals surface area (Å²) >= 11 is 0. The molecular weight excluding hydrogens is 746 g/mol. The van der Waals surface area contributed by atoms with Gasteiger partial charge in [-0.2, -0.15) is 0 Å². The maximum absolute atomic E-state index is 12.7. The first-order valence-electron chi connectivity index (χ1n) is 24.9. The Morgan fingerprint density at radius 1 is 0.517 bits per heavy atom. The predicted octanol–water partition coefficient (Wildman–Crippen LogP) is 15.0. The van der Waals surface area contributed by atoms with Crippen molar-refractivity contribution in [1.82, 2.24) is 0 Å². The summed E-state index contributed by atoms with van der Waals surface area (Å²) < 4.78 is 35.1. The predicted molar refractivity (Wildman–Crippen MR) is 247 cm³/mol. The SMILES string of the molecule is CCCCCCCCCC/C=C\CCCCCCCCCCCC(=O)OC(COCCCCCCCCCCCCCCCCC)COP(=O)(O)OCC[N+](C)(C)C. The molecule has 0 rings (SSSR count). The molecule has 0 fully saturated rings. The summed E-state index contributed by atoms with van der Waals surface area (Å²) in [7, 11) is 1.68. The molecular formula is C49H99NO7P+. The zero-order valence-corrected chi connectivity index (χ0v) is 40.2. The van der Waals surface area contributed by atoms with Gasteiger partial charge in [0.1, 0.15) is 19.3 Å². The van der Waals surface area contributed by atoms with Crippen molar-refractivity contribution in [2.45, 2.75) is 245 Å². The molecule has 0 aliphatic rings. The molecule has 0 aromatic carbocycles. The Bertz CT molecular complexity index is 940. The van der Waals surface area contributed by atoms with Gasteiger partial charge in [0, 0.05) is 13.0 Å². The normalized spacial score (nSPS) is 13.7. The molecule has 0 aromatic heterocycles. The first kappa shape index (κ1) is 57.2. The van der Waals surface area contributed by atoms with Gasteiger partial charge in [-0.1, -0.05) is 206 Å². The van der Waals surface area contributed by atoms with Crippen LogP contribution in [0.1, 0.15) is 239 Å². The second-order valence-corrected chi connectivity index (χ2v) is 19.7. The van der Waals surface area contributed by atoms with Crippen molar-refractivity contribution in [2.24, 2.45) is 0 Å². The van der Waals surface area contributed by atoms with Gasteiger partial charge in [-0.3, -0.25) is 13.8 Å². The van der Waals surface area contributed by atoms with Crippen LogP contribution in [0, 0.1) is 0 Å². The molecule has 8 nitrogen and oxygen atoms in total. The van der Waals surface area contributed by atoms with E-state index in [0.717, 1.165) is 32.1 Å². The average molecular weight is 845 g/mol. The van der Waals surface area contributed by atoms with Crippen molar-refractivity contribution in [2.75, 3.05) is 54.1 Å². The standard InChI is InChI=1S/C49H98NO7P/c1-6-8-10-12-14-16-18-20-22-23-24-25-26-27-28-30-32-34-36-38-40-42-49(51)57-48(47-56-58(52,53)55-45-43-50(3,4)5)46-54-44-41-39-37-35-33-31-29-21-19-17-15-13-11-9-7-2/h23-24,48H,6-22,25-47H2,1-5H3/p+1/b24-23-. The number of allylic oxidation sites excluding steroid dienone is 2.